The molecule has 1 heterocycles. The maximum absolute atomic E-state index is 13.8. The molecular formula is C19H15F2N3OS. The summed E-state index contributed by atoms with van der Waals surface area (Å²) in [7, 11) is 0. The van der Waals surface area contributed by atoms with Crippen molar-refractivity contribution < 1.29 is 13.6 Å². The Morgan fingerprint density at radius 2 is 1.92 bits per heavy atom. The van der Waals surface area contributed by atoms with Gasteiger partial charge in [-0.3, -0.25) is 4.79 Å². The van der Waals surface area contributed by atoms with Crippen LogP contribution in [0.3, 0.4) is 0 Å². The number of halogens is 2. The van der Waals surface area contributed by atoms with Crippen molar-refractivity contribution in [1.29, 1.82) is 0 Å². The molecule has 26 heavy (non-hydrogen) atoms. The number of carbonyl (C=O) groups is 1. The zero-order chi connectivity index (χ0) is 18.3. The highest BCUT2D eigenvalue weighted by atomic mass is 32.1. The molecule has 0 atom stereocenters. The third kappa shape index (κ3) is 2.94. The van der Waals surface area contributed by atoms with Crippen molar-refractivity contribution in [2.24, 2.45) is 0 Å². The summed E-state index contributed by atoms with van der Waals surface area (Å²) in [5.74, 6) is -2.28. The van der Waals surface area contributed by atoms with Crippen molar-refractivity contribution in [3.8, 4) is 10.4 Å². The maximum Gasteiger partial charge on any atom is 0.284 e. The molecule has 3 N–H and O–H groups in total. The molecule has 7 heteroatoms. The van der Waals surface area contributed by atoms with Gasteiger partial charge < -0.3 is 11.1 Å². The van der Waals surface area contributed by atoms with Gasteiger partial charge in [0.2, 0.25) is 0 Å². The van der Waals surface area contributed by atoms with Crippen LogP contribution in [0.5, 0.6) is 0 Å². The van der Waals surface area contributed by atoms with E-state index in [1.807, 2.05) is 18.2 Å². The first kappa shape index (κ1) is 16.7. The van der Waals surface area contributed by atoms with Crippen molar-refractivity contribution >= 4 is 28.6 Å². The Morgan fingerprint density at radius 3 is 2.69 bits per heavy atom. The van der Waals surface area contributed by atoms with Crippen molar-refractivity contribution in [2.75, 3.05) is 11.1 Å². The molecule has 132 valence electrons. The number of fused-ring (bicyclic) bond motifs is 3. The van der Waals surface area contributed by atoms with E-state index in [-0.39, 0.29) is 5.01 Å². The number of nitrogens with one attached hydrogen (secondary N) is 1. The second-order valence-electron chi connectivity index (χ2n) is 6.12. The van der Waals surface area contributed by atoms with Crippen molar-refractivity contribution in [3.05, 3.63) is 64.3 Å². The van der Waals surface area contributed by atoms with E-state index in [1.165, 1.54) is 17.4 Å². The van der Waals surface area contributed by atoms with E-state index >= 15 is 0 Å². The Kier molecular flexibility index (Phi) is 4.16. The highest BCUT2D eigenvalue weighted by molar-refractivity contribution is 7.17. The summed E-state index contributed by atoms with van der Waals surface area (Å²) in [5, 5.41) is 2.46. The number of aromatic nitrogens is 1. The molecule has 1 amide bonds. The highest BCUT2D eigenvalue weighted by Gasteiger charge is 2.23. The van der Waals surface area contributed by atoms with Crippen molar-refractivity contribution in [3.63, 3.8) is 0 Å². The van der Waals surface area contributed by atoms with Crippen LogP contribution in [0.1, 0.15) is 27.5 Å². The van der Waals surface area contributed by atoms with Gasteiger partial charge in [0.1, 0.15) is 17.3 Å². The lowest BCUT2D eigenvalue weighted by atomic mass is 10.0. The number of nitrogens with two attached hydrogens (primary N) is 1. The first-order chi connectivity index (χ1) is 12.5. The number of hydrogen-bond acceptors (Lipinski definition) is 4. The minimum absolute atomic E-state index is 0.174. The SMILES string of the molecule is Nc1ccc2c(c1)-c1sc(C(=O)Nc3c(F)cccc3F)nc1CCC2. The van der Waals surface area contributed by atoms with Crippen LogP contribution < -0.4 is 11.1 Å². The minimum atomic E-state index is -0.824. The predicted molar refractivity (Wildman–Crippen MR) is 98.3 cm³/mol. The van der Waals surface area contributed by atoms with Crippen molar-refractivity contribution in [2.45, 2.75) is 19.3 Å². The van der Waals surface area contributed by atoms with E-state index in [1.54, 1.807) is 0 Å². The summed E-state index contributed by atoms with van der Waals surface area (Å²) < 4.78 is 27.5. The van der Waals surface area contributed by atoms with Gasteiger partial charge >= 0.3 is 0 Å². The second kappa shape index (κ2) is 6.49. The van der Waals surface area contributed by atoms with E-state index in [9.17, 15) is 13.6 Å². The third-order valence-electron chi connectivity index (χ3n) is 4.33. The fourth-order valence-electron chi connectivity index (χ4n) is 3.08. The lowest BCUT2D eigenvalue weighted by Gasteiger charge is -2.06. The van der Waals surface area contributed by atoms with E-state index in [0.29, 0.717) is 5.69 Å². The van der Waals surface area contributed by atoms with Crippen LogP contribution in [0.2, 0.25) is 0 Å². The molecule has 1 aromatic heterocycles. The van der Waals surface area contributed by atoms with Gasteiger partial charge in [0.15, 0.2) is 5.01 Å². The molecule has 0 saturated carbocycles. The van der Waals surface area contributed by atoms with Gasteiger partial charge in [-0.05, 0) is 54.7 Å². The Balaban J connectivity index is 1.71. The fraction of sp³-hybridized carbons (Fsp3) is 0.158. The van der Waals surface area contributed by atoms with E-state index < -0.39 is 23.2 Å². The van der Waals surface area contributed by atoms with Gasteiger partial charge in [0.25, 0.3) is 5.91 Å². The monoisotopic (exact) mass is 371 g/mol. The molecule has 0 bridgehead atoms. The quantitative estimate of drug-likeness (QED) is 0.656. The molecule has 0 saturated heterocycles. The van der Waals surface area contributed by atoms with Crippen molar-refractivity contribution in [1.82, 2.24) is 4.98 Å². The summed E-state index contributed by atoms with van der Waals surface area (Å²) in [5.41, 5.74) is 9.05. The molecule has 0 spiro atoms. The Hall–Kier alpha value is -2.80. The number of anilines is 2. The van der Waals surface area contributed by atoms with Crippen LogP contribution in [-0.4, -0.2) is 10.9 Å². The Morgan fingerprint density at radius 1 is 1.15 bits per heavy atom. The maximum atomic E-state index is 13.8. The average molecular weight is 371 g/mol. The zero-order valence-electron chi connectivity index (χ0n) is 13.7. The molecule has 1 aliphatic carbocycles. The van der Waals surface area contributed by atoms with Crippen LogP contribution in [0.25, 0.3) is 10.4 Å². The molecule has 4 nitrogen and oxygen atoms in total. The number of aryl methyl sites for hydroxylation is 2. The van der Waals surface area contributed by atoms with Gasteiger partial charge in [0.05, 0.1) is 10.6 Å². The number of thiazole rings is 1. The van der Waals surface area contributed by atoms with Gasteiger partial charge in [-0.2, -0.15) is 0 Å². The zero-order valence-corrected chi connectivity index (χ0v) is 14.5. The fourth-order valence-corrected chi connectivity index (χ4v) is 4.14. The van der Waals surface area contributed by atoms with E-state index in [0.717, 1.165) is 53.1 Å². The van der Waals surface area contributed by atoms with Gasteiger partial charge in [-0.1, -0.05) is 12.1 Å². The van der Waals surface area contributed by atoms with Gasteiger partial charge in [-0.25, -0.2) is 13.8 Å². The Bertz CT molecular complexity index is 996. The highest BCUT2D eigenvalue weighted by Crippen LogP contribution is 2.38. The molecule has 0 unspecified atom stereocenters. The van der Waals surface area contributed by atoms with Crippen LogP contribution >= 0.6 is 11.3 Å². The molecule has 0 radical (unpaired) electrons. The lowest BCUT2D eigenvalue weighted by molar-refractivity contribution is 0.102. The topological polar surface area (TPSA) is 68.0 Å². The molecule has 3 aromatic rings. The Labute approximate surface area is 152 Å². The molecule has 4 rings (SSSR count). The lowest BCUT2D eigenvalue weighted by Crippen LogP contribution is -2.14. The summed E-state index contributed by atoms with van der Waals surface area (Å²) >= 11 is 1.22. The normalized spacial score (nSPS) is 12.8. The van der Waals surface area contributed by atoms with Crippen LogP contribution in [-0.2, 0) is 12.8 Å². The van der Waals surface area contributed by atoms with Crippen LogP contribution in [0, 0.1) is 11.6 Å². The number of nitrogens with zero attached hydrogens (tertiary/aromatic N) is 1. The average Bonchev–Trinajstić information content (AvgIpc) is 2.96. The third-order valence-corrected chi connectivity index (χ3v) is 5.46. The van der Waals surface area contributed by atoms with Gasteiger partial charge in [-0.15, -0.1) is 11.3 Å². The molecule has 2 aromatic carbocycles. The summed E-state index contributed by atoms with van der Waals surface area (Å²) in [6.45, 7) is 0. The minimum Gasteiger partial charge on any atom is -0.399 e. The summed E-state index contributed by atoms with van der Waals surface area (Å²) in [6, 6.07) is 9.17. The smallest absolute Gasteiger partial charge is 0.284 e. The number of carbonyl (C=O) groups excluding carboxylic acids is 1. The van der Waals surface area contributed by atoms with E-state index in [4.69, 9.17) is 5.73 Å². The number of rotatable bonds is 2. The predicted octanol–water partition coefficient (Wildman–Crippen LogP) is 4.41. The number of benzene rings is 2. The van der Waals surface area contributed by atoms with Gasteiger partial charge in [0, 0.05) is 5.69 Å². The first-order valence-electron chi connectivity index (χ1n) is 8.17. The summed E-state index contributed by atoms with van der Waals surface area (Å²) in [4.78, 5) is 17.8. The van der Waals surface area contributed by atoms with Crippen LogP contribution in [0.15, 0.2) is 36.4 Å². The van der Waals surface area contributed by atoms with Crippen LogP contribution in [0.4, 0.5) is 20.2 Å². The molecule has 0 fully saturated rings. The van der Waals surface area contributed by atoms with E-state index in [2.05, 4.69) is 10.3 Å². The molecule has 0 aliphatic heterocycles. The molecular weight excluding hydrogens is 356 g/mol. The standard InChI is InChI=1S/C19H15F2N3OS/c20-13-4-2-5-14(21)16(13)24-18(25)19-23-15-6-1-3-10-7-8-11(22)9-12(10)17(15)26-19/h2,4-5,7-9H,1,3,6,22H2,(H,24,25). The molecule has 1 aliphatic rings. The first-order valence-corrected chi connectivity index (χ1v) is 8.98. The largest absolute Gasteiger partial charge is 0.399 e. The second-order valence-corrected chi connectivity index (χ2v) is 7.11. The number of nitrogen functional groups attached to an aromatic ring is 1. The summed E-state index contributed by atoms with van der Waals surface area (Å²) in [6.07, 6.45) is 2.57. The number of hydrogen-bond donors (Lipinski definition) is 2. The number of para-hydroxylation sites is 1. The number of amides is 1.